The van der Waals surface area contributed by atoms with Crippen molar-refractivity contribution in [3.05, 3.63) is 30.3 Å². The average Bonchev–Trinajstić information content (AvgIpc) is 3.14. The monoisotopic (exact) mass is 303 g/mol. The predicted octanol–water partition coefficient (Wildman–Crippen LogP) is 3.14. The van der Waals surface area contributed by atoms with Crippen LogP contribution in [-0.2, 0) is 9.59 Å². The van der Waals surface area contributed by atoms with E-state index >= 15 is 0 Å². The molecule has 0 radical (unpaired) electrons. The maximum Gasteiger partial charge on any atom is 0.233 e. The highest BCUT2D eigenvalue weighted by molar-refractivity contribution is 8.00. The second kappa shape index (κ2) is 6.65. The van der Waals surface area contributed by atoms with Crippen LogP contribution in [0.3, 0.4) is 0 Å². The van der Waals surface area contributed by atoms with Gasteiger partial charge in [-0.25, -0.2) is 0 Å². The molecule has 21 heavy (non-hydrogen) atoms. The standard InChI is InChI=1S/C17H21NO2S/c19-16-10-4-8-14(16)15-9-5-11-18(15)17(20)12-21-13-6-2-1-3-7-13/h1-3,6-7,14-15H,4-5,8-12H2. The van der Waals surface area contributed by atoms with Crippen molar-refractivity contribution in [3.8, 4) is 0 Å². The number of carbonyl (C=O) groups is 2. The summed E-state index contributed by atoms with van der Waals surface area (Å²) in [5.74, 6) is 1.14. The predicted molar refractivity (Wildman–Crippen MR) is 84.2 cm³/mol. The second-order valence-electron chi connectivity index (χ2n) is 5.86. The molecule has 0 N–H and O–H groups in total. The minimum atomic E-state index is 0.109. The van der Waals surface area contributed by atoms with E-state index in [9.17, 15) is 9.59 Å². The van der Waals surface area contributed by atoms with Crippen molar-refractivity contribution in [1.82, 2.24) is 4.90 Å². The molecule has 3 nitrogen and oxygen atoms in total. The van der Waals surface area contributed by atoms with Gasteiger partial charge in [0.1, 0.15) is 5.78 Å². The zero-order chi connectivity index (χ0) is 14.7. The Labute approximate surface area is 130 Å². The van der Waals surface area contributed by atoms with Crippen LogP contribution < -0.4 is 0 Å². The Bertz CT molecular complexity index is 517. The number of ketones is 1. The quantitative estimate of drug-likeness (QED) is 0.802. The van der Waals surface area contributed by atoms with Crippen molar-refractivity contribution < 1.29 is 9.59 Å². The van der Waals surface area contributed by atoms with E-state index in [1.165, 1.54) is 0 Å². The molecule has 2 atom stereocenters. The summed E-state index contributed by atoms with van der Waals surface area (Å²) in [6.45, 7) is 0.822. The van der Waals surface area contributed by atoms with Crippen LogP contribution in [0.25, 0.3) is 0 Å². The molecule has 1 aliphatic heterocycles. The molecule has 1 saturated carbocycles. The summed E-state index contributed by atoms with van der Waals surface area (Å²) in [7, 11) is 0. The van der Waals surface area contributed by atoms with Gasteiger partial charge in [0.2, 0.25) is 5.91 Å². The van der Waals surface area contributed by atoms with Gasteiger partial charge in [0.15, 0.2) is 0 Å². The van der Waals surface area contributed by atoms with E-state index in [0.717, 1.165) is 37.1 Å². The summed E-state index contributed by atoms with van der Waals surface area (Å²) < 4.78 is 0. The minimum absolute atomic E-state index is 0.109. The van der Waals surface area contributed by atoms with E-state index in [1.807, 2.05) is 35.2 Å². The molecule has 2 aliphatic rings. The Morgan fingerprint density at radius 3 is 2.71 bits per heavy atom. The number of benzene rings is 1. The van der Waals surface area contributed by atoms with Gasteiger partial charge in [-0.15, -0.1) is 11.8 Å². The summed E-state index contributed by atoms with van der Waals surface area (Å²) in [5.41, 5.74) is 0. The highest BCUT2D eigenvalue weighted by Gasteiger charge is 2.39. The van der Waals surface area contributed by atoms with Crippen molar-refractivity contribution >= 4 is 23.5 Å². The first kappa shape index (κ1) is 14.6. The molecule has 1 saturated heterocycles. The molecule has 0 bridgehead atoms. The van der Waals surface area contributed by atoms with Crippen molar-refractivity contribution in [2.75, 3.05) is 12.3 Å². The third kappa shape index (κ3) is 3.31. The Kier molecular flexibility index (Phi) is 4.63. The molecule has 3 rings (SSSR count). The molecule has 2 fully saturated rings. The van der Waals surface area contributed by atoms with Gasteiger partial charge >= 0.3 is 0 Å². The number of carbonyl (C=O) groups excluding carboxylic acids is 2. The first-order chi connectivity index (χ1) is 10.3. The smallest absolute Gasteiger partial charge is 0.233 e. The largest absolute Gasteiger partial charge is 0.338 e. The van der Waals surface area contributed by atoms with Crippen LogP contribution in [0, 0.1) is 5.92 Å². The van der Waals surface area contributed by atoms with Crippen molar-refractivity contribution in [2.45, 2.75) is 43.0 Å². The van der Waals surface area contributed by atoms with Crippen molar-refractivity contribution in [1.29, 1.82) is 0 Å². The molecule has 4 heteroatoms. The van der Waals surface area contributed by atoms with Crippen LogP contribution in [0.2, 0.25) is 0 Å². The lowest BCUT2D eigenvalue weighted by Crippen LogP contribution is -2.42. The lowest BCUT2D eigenvalue weighted by atomic mass is 9.95. The van der Waals surface area contributed by atoms with E-state index in [1.54, 1.807) is 11.8 Å². The molecule has 0 aromatic heterocycles. The van der Waals surface area contributed by atoms with Gasteiger partial charge in [0.05, 0.1) is 5.75 Å². The summed E-state index contributed by atoms with van der Waals surface area (Å²) in [5, 5.41) is 0. The number of hydrogen-bond acceptors (Lipinski definition) is 3. The van der Waals surface area contributed by atoms with Gasteiger partial charge in [-0.2, -0.15) is 0 Å². The molecule has 112 valence electrons. The lowest BCUT2D eigenvalue weighted by molar-refractivity contribution is -0.131. The van der Waals surface area contributed by atoms with Gasteiger partial charge in [-0.1, -0.05) is 18.2 Å². The van der Waals surface area contributed by atoms with Crippen LogP contribution in [0.1, 0.15) is 32.1 Å². The van der Waals surface area contributed by atoms with Crippen LogP contribution in [0.4, 0.5) is 0 Å². The van der Waals surface area contributed by atoms with E-state index in [4.69, 9.17) is 0 Å². The lowest BCUT2D eigenvalue weighted by Gasteiger charge is -2.28. The van der Waals surface area contributed by atoms with Crippen LogP contribution in [0.5, 0.6) is 0 Å². The maximum absolute atomic E-state index is 12.5. The highest BCUT2D eigenvalue weighted by Crippen LogP contribution is 2.33. The number of amides is 1. The van der Waals surface area contributed by atoms with E-state index in [2.05, 4.69) is 0 Å². The third-order valence-electron chi connectivity index (χ3n) is 4.54. The van der Waals surface area contributed by atoms with Gasteiger partial charge in [-0.3, -0.25) is 9.59 Å². The number of rotatable bonds is 4. The van der Waals surface area contributed by atoms with Crippen LogP contribution >= 0.6 is 11.8 Å². The molecule has 1 amide bonds. The van der Waals surface area contributed by atoms with Gasteiger partial charge < -0.3 is 4.90 Å². The number of hydrogen-bond donors (Lipinski definition) is 0. The van der Waals surface area contributed by atoms with Crippen molar-refractivity contribution in [2.24, 2.45) is 5.92 Å². The van der Waals surface area contributed by atoms with Gasteiger partial charge in [0.25, 0.3) is 0 Å². The normalized spacial score (nSPS) is 25.5. The topological polar surface area (TPSA) is 37.4 Å². The Balaban J connectivity index is 1.59. The van der Waals surface area contributed by atoms with Gasteiger partial charge in [0, 0.05) is 29.8 Å². The molecule has 1 aromatic rings. The molecular formula is C17H21NO2S. The van der Waals surface area contributed by atoms with Crippen LogP contribution in [-0.4, -0.2) is 34.9 Å². The van der Waals surface area contributed by atoms with E-state index < -0.39 is 0 Å². The number of Topliss-reactive ketones (excluding diaryl/α,β-unsaturated/α-hetero) is 1. The zero-order valence-electron chi connectivity index (χ0n) is 12.2. The van der Waals surface area contributed by atoms with E-state index in [0.29, 0.717) is 18.0 Å². The number of nitrogens with zero attached hydrogens (tertiary/aromatic N) is 1. The minimum Gasteiger partial charge on any atom is -0.338 e. The third-order valence-corrected chi connectivity index (χ3v) is 5.54. The molecule has 1 aromatic carbocycles. The molecule has 2 unspecified atom stereocenters. The highest BCUT2D eigenvalue weighted by atomic mass is 32.2. The summed E-state index contributed by atoms with van der Waals surface area (Å²) in [4.78, 5) is 27.6. The second-order valence-corrected chi connectivity index (χ2v) is 6.91. The fourth-order valence-electron chi connectivity index (χ4n) is 3.51. The number of thioether (sulfide) groups is 1. The average molecular weight is 303 g/mol. The summed E-state index contributed by atoms with van der Waals surface area (Å²) in [6.07, 6.45) is 4.72. The number of likely N-dealkylation sites (tertiary alicyclic amines) is 1. The summed E-state index contributed by atoms with van der Waals surface area (Å²) >= 11 is 1.58. The molecule has 0 spiro atoms. The Morgan fingerprint density at radius 2 is 2.00 bits per heavy atom. The van der Waals surface area contributed by atoms with E-state index in [-0.39, 0.29) is 17.9 Å². The molecule has 1 heterocycles. The fraction of sp³-hybridized carbons (Fsp3) is 0.529. The molecular weight excluding hydrogens is 282 g/mol. The van der Waals surface area contributed by atoms with Crippen LogP contribution in [0.15, 0.2) is 35.2 Å². The Morgan fingerprint density at radius 1 is 1.19 bits per heavy atom. The first-order valence-electron chi connectivity index (χ1n) is 7.76. The summed E-state index contributed by atoms with van der Waals surface area (Å²) in [6, 6.07) is 10.2. The first-order valence-corrected chi connectivity index (χ1v) is 8.74. The SMILES string of the molecule is O=C1CCCC1C1CCCN1C(=O)CSc1ccccc1. The van der Waals surface area contributed by atoms with Crippen molar-refractivity contribution in [3.63, 3.8) is 0 Å². The maximum atomic E-state index is 12.5. The zero-order valence-corrected chi connectivity index (χ0v) is 13.0. The molecule has 1 aliphatic carbocycles. The Hall–Kier alpha value is -1.29. The van der Waals surface area contributed by atoms with Gasteiger partial charge in [-0.05, 0) is 37.8 Å². The fourth-order valence-corrected chi connectivity index (χ4v) is 4.32.